The van der Waals surface area contributed by atoms with Gasteiger partial charge in [0.05, 0.1) is 18.5 Å². The largest absolute Gasteiger partial charge is 0.491 e. The molecule has 3 rings (SSSR count). The Morgan fingerprint density at radius 3 is 2.35 bits per heavy atom. The molecule has 0 unspecified atom stereocenters. The third kappa shape index (κ3) is 5.55. The van der Waals surface area contributed by atoms with E-state index in [0.717, 1.165) is 38.2 Å². The normalized spacial score (nSPS) is 12.4. The quantitative estimate of drug-likeness (QED) is 0.541. The second-order valence-electron chi connectivity index (χ2n) is 7.70. The lowest BCUT2D eigenvalue weighted by Gasteiger charge is -2.28. The van der Waals surface area contributed by atoms with Crippen molar-refractivity contribution in [1.82, 2.24) is 5.32 Å². The van der Waals surface area contributed by atoms with E-state index in [1.807, 2.05) is 62.4 Å². The maximum atomic E-state index is 12.7. The number of ether oxygens (including phenoxy) is 1. The van der Waals surface area contributed by atoms with Crippen molar-refractivity contribution in [2.45, 2.75) is 26.8 Å². The fraction of sp³-hybridized carbons (Fsp3) is 0.292. The summed E-state index contributed by atoms with van der Waals surface area (Å²) in [5.74, 6) is 0.361. The van der Waals surface area contributed by atoms with Gasteiger partial charge in [-0.05, 0) is 55.5 Å². The van der Waals surface area contributed by atoms with Gasteiger partial charge in [-0.25, -0.2) is 8.42 Å². The van der Waals surface area contributed by atoms with Gasteiger partial charge in [-0.3, -0.25) is 9.10 Å². The van der Waals surface area contributed by atoms with Gasteiger partial charge in [-0.15, -0.1) is 0 Å². The number of nitrogens with zero attached hydrogens (tertiary/aromatic N) is 1. The molecule has 1 atom stereocenters. The molecule has 0 aliphatic rings. The number of carbonyl (C=O) groups is 1. The summed E-state index contributed by atoms with van der Waals surface area (Å²) < 4.78 is 31.9. The lowest BCUT2D eigenvalue weighted by atomic mass is 10.1. The number of amides is 1. The van der Waals surface area contributed by atoms with Gasteiger partial charge >= 0.3 is 0 Å². The average molecular weight is 441 g/mol. The average Bonchev–Trinajstić information content (AvgIpc) is 2.69. The van der Waals surface area contributed by atoms with Gasteiger partial charge in [0.25, 0.3) is 0 Å². The molecule has 1 N–H and O–H groups in total. The van der Waals surface area contributed by atoms with E-state index in [0.29, 0.717) is 5.69 Å². The Hall–Kier alpha value is -3.06. The van der Waals surface area contributed by atoms with Crippen molar-refractivity contribution >= 4 is 32.4 Å². The summed E-state index contributed by atoms with van der Waals surface area (Å²) in [5, 5.41) is 4.86. The minimum Gasteiger partial charge on any atom is -0.491 e. The minimum absolute atomic E-state index is 0.261. The minimum atomic E-state index is -3.65. The number of fused-ring (bicyclic) bond motifs is 1. The van der Waals surface area contributed by atoms with Crippen LogP contribution in [0.1, 0.15) is 18.1 Å². The third-order valence-corrected chi connectivity index (χ3v) is 6.20. The standard InChI is InChI=1S/C24H28N2O4S/c1-17-14-18(2)16-21(15-17)26(31(4,28)29)19(3)24(27)25-12-13-30-23-11-7-9-20-8-5-6-10-22(20)23/h5-11,14-16,19H,12-13H2,1-4H3,(H,25,27)/t19-/m1/s1. The first-order valence-corrected chi connectivity index (χ1v) is 12.0. The number of carbonyl (C=O) groups excluding carboxylic acids is 1. The monoisotopic (exact) mass is 440 g/mol. The molecule has 0 aliphatic carbocycles. The zero-order valence-electron chi connectivity index (χ0n) is 18.3. The van der Waals surface area contributed by atoms with Crippen LogP contribution >= 0.6 is 0 Å². The maximum absolute atomic E-state index is 12.7. The third-order valence-electron chi connectivity index (χ3n) is 4.96. The molecule has 3 aromatic carbocycles. The molecule has 0 spiro atoms. The molecule has 0 aliphatic heterocycles. The second kappa shape index (κ2) is 9.39. The van der Waals surface area contributed by atoms with Gasteiger partial charge in [0.2, 0.25) is 15.9 Å². The Labute approximate surface area is 183 Å². The lowest BCUT2D eigenvalue weighted by molar-refractivity contribution is -0.121. The van der Waals surface area contributed by atoms with Crippen LogP contribution in [0.3, 0.4) is 0 Å². The van der Waals surface area contributed by atoms with Crippen LogP contribution in [0.2, 0.25) is 0 Å². The van der Waals surface area contributed by atoms with Crippen molar-refractivity contribution in [1.29, 1.82) is 0 Å². The Bertz CT molecular complexity index is 1170. The molecule has 0 bridgehead atoms. The van der Waals surface area contributed by atoms with Crippen molar-refractivity contribution in [3.05, 3.63) is 71.8 Å². The SMILES string of the molecule is Cc1cc(C)cc(N([C@H](C)C(=O)NCCOc2cccc3ccccc23)S(C)(=O)=O)c1. The van der Waals surface area contributed by atoms with Crippen LogP contribution in [0, 0.1) is 13.8 Å². The Morgan fingerprint density at radius 1 is 1.03 bits per heavy atom. The van der Waals surface area contributed by atoms with Gasteiger partial charge in [0.15, 0.2) is 0 Å². The highest BCUT2D eigenvalue weighted by atomic mass is 32.2. The van der Waals surface area contributed by atoms with Gasteiger partial charge in [0, 0.05) is 5.39 Å². The van der Waals surface area contributed by atoms with Crippen molar-refractivity contribution in [3.8, 4) is 5.75 Å². The smallest absolute Gasteiger partial charge is 0.243 e. The molecular formula is C24H28N2O4S. The Kier molecular flexibility index (Phi) is 6.85. The summed E-state index contributed by atoms with van der Waals surface area (Å²) in [6.07, 6.45) is 1.11. The first kappa shape index (κ1) is 22.6. The number of hydrogen-bond donors (Lipinski definition) is 1. The van der Waals surface area contributed by atoms with Crippen LogP contribution in [-0.2, 0) is 14.8 Å². The zero-order chi connectivity index (χ0) is 22.6. The van der Waals surface area contributed by atoms with Crippen molar-refractivity contribution in [2.75, 3.05) is 23.7 Å². The molecule has 31 heavy (non-hydrogen) atoms. The number of hydrogen-bond acceptors (Lipinski definition) is 4. The van der Waals surface area contributed by atoms with Gasteiger partial charge < -0.3 is 10.1 Å². The maximum Gasteiger partial charge on any atom is 0.243 e. The molecule has 0 saturated heterocycles. The van der Waals surface area contributed by atoms with Crippen LogP contribution in [0.5, 0.6) is 5.75 Å². The van der Waals surface area contributed by atoms with Crippen LogP contribution in [-0.4, -0.2) is 39.8 Å². The molecule has 0 heterocycles. The Morgan fingerprint density at radius 2 is 1.68 bits per heavy atom. The first-order valence-electron chi connectivity index (χ1n) is 10.1. The molecule has 6 nitrogen and oxygen atoms in total. The van der Waals surface area contributed by atoms with Gasteiger partial charge in [-0.2, -0.15) is 0 Å². The van der Waals surface area contributed by atoms with E-state index < -0.39 is 16.1 Å². The van der Waals surface area contributed by atoms with E-state index in [2.05, 4.69) is 5.32 Å². The topological polar surface area (TPSA) is 75.7 Å². The Balaban J connectivity index is 1.65. The molecule has 0 radical (unpaired) electrons. The molecule has 3 aromatic rings. The molecule has 164 valence electrons. The molecule has 0 saturated carbocycles. The zero-order valence-corrected chi connectivity index (χ0v) is 19.1. The summed E-state index contributed by atoms with van der Waals surface area (Å²) in [6, 6.07) is 18.3. The summed E-state index contributed by atoms with van der Waals surface area (Å²) in [6.45, 7) is 5.91. The van der Waals surface area contributed by atoms with E-state index in [9.17, 15) is 13.2 Å². The number of sulfonamides is 1. The summed E-state index contributed by atoms with van der Waals surface area (Å²) in [4.78, 5) is 12.7. The van der Waals surface area contributed by atoms with E-state index in [-0.39, 0.29) is 19.1 Å². The lowest BCUT2D eigenvalue weighted by Crippen LogP contribution is -2.48. The van der Waals surface area contributed by atoms with E-state index in [4.69, 9.17) is 4.74 Å². The fourth-order valence-corrected chi connectivity index (χ4v) is 4.85. The fourth-order valence-electron chi connectivity index (χ4n) is 3.69. The van der Waals surface area contributed by atoms with E-state index in [1.165, 1.54) is 0 Å². The highest BCUT2D eigenvalue weighted by Crippen LogP contribution is 2.25. The number of anilines is 1. The predicted octanol–water partition coefficient (Wildman–Crippen LogP) is 3.81. The second-order valence-corrected chi connectivity index (χ2v) is 9.56. The number of rotatable bonds is 8. The van der Waals surface area contributed by atoms with E-state index >= 15 is 0 Å². The highest BCUT2D eigenvalue weighted by molar-refractivity contribution is 7.92. The van der Waals surface area contributed by atoms with E-state index in [1.54, 1.807) is 19.1 Å². The molecule has 1 amide bonds. The first-order chi connectivity index (χ1) is 14.7. The van der Waals surface area contributed by atoms with Crippen molar-refractivity contribution in [2.24, 2.45) is 0 Å². The number of aryl methyl sites for hydroxylation is 2. The molecular weight excluding hydrogens is 412 g/mol. The highest BCUT2D eigenvalue weighted by Gasteiger charge is 2.29. The predicted molar refractivity (Wildman–Crippen MR) is 125 cm³/mol. The molecule has 0 fully saturated rings. The van der Waals surface area contributed by atoms with Gasteiger partial charge in [-0.1, -0.05) is 42.5 Å². The van der Waals surface area contributed by atoms with Gasteiger partial charge in [0.1, 0.15) is 18.4 Å². The van der Waals surface area contributed by atoms with Crippen molar-refractivity contribution < 1.29 is 17.9 Å². The van der Waals surface area contributed by atoms with Crippen LogP contribution in [0.4, 0.5) is 5.69 Å². The number of benzene rings is 3. The summed E-state index contributed by atoms with van der Waals surface area (Å²) in [5.41, 5.74) is 2.34. The molecule has 7 heteroatoms. The number of nitrogens with one attached hydrogen (secondary N) is 1. The van der Waals surface area contributed by atoms with Crippen LogP contribution in [0.25, 0.3) is 10.8 Å². The van der Waals surface area contributed by atoms with Crippen molar-refractivity contribution in [3.63, 3.8) is 0 Å². The van der Waals surface area contributed by atoms with Crippen LogP contribution < -0.4 is 14.4 Å². The summed E-state index contributed by atoms with van der Waals surface area (Å²) in [7, 11) is -3.65. The van der Waals surface area contributed by atoms with Crippen LogP contribution in [0.15, 0.2) is 60.7 Å². The molecule has 0 aromatic heterocycles. The summed E-state index contributed by atoms with van der Waals surface area (Å²) >= 11 is 0.